The van der Waals surface area contributed by atoms with E-state index in [1.165, 1.54) is 24.3 Å². The van der Waals surface area contributed by atoms with E-state index in [4.69, 9.17) is 21.4 Å². The smallest absolute Gasteiger partial charge is 0.335 e. The third kappa shape index (κ3) is 3.99. The van der Waals surface area contributed by atoms with E-state index in [1.807, 2.05) is 0 Å². The summed E-state index contributed by atoms with van der Waals surface area (Å²) < 4.78 is 5.50. The maximum absolute atomic E-state index is 12.1. The lowest BCUT2D eigenvalue weighted by Crippen LogP contribution is -2.30. The number of para-hydroxylation sites is 1. The number of ether oxygens (including phenoxy) is 1. The highest BCUT2D eigenvalue weighted by atomic mass is 35.5. The number of hydrogen-bond acceptors (Lipinski definition) is 3. The Morgan fingerprint density at radius 3 is 2.36 bits per heavy atom. The number of aromatic carboxylic acids is 1. The van der Waals surface area contributed by atoms with Crippen molar-refractivity contribution in [3.05, 3.63) is 59.1 Å². The number of amides is 1. The topological polar surface area (TPSA) is 75.6 Å². The van der Waals surface area contributed by atoms with Crippen LogP contribution in [0.3, 0.4) is 0 Å². The first kappa shape index (κ1) is 15.9. The molecule has 0 unspecified atom stereocenters. The number of nitrogens with one attached hydrogen (secondary N) is 1. The molecule has 2 aromatic rings. The fourth-order valence-electron chi connectivity index (χ4n) is 1.72. The largest absolute Gasteiger partial charge is 0.479 e. The van der Waals surface area contributed by atoms with E-state index in [-0.39, 0.29) is 11.5 Å². The standard InChI is InChI=1S/C16H14ClNO4/c1-10(22-14-5-3-2-4-13(14)17)15(19)18-12-8-6-11(7-9-12)16(20)21/h2-10H,1H3,(H,18,19)(H,20,21)/t10-/m0/s1. The van der Waals surface area contributed by atoms with Crippen LogP contribution >= 0.6 is 11.6 Å². The van der Waals surface area contributed by atoms with Gasteiger partial charge in [-0.05, 0) is 43.3 Å². The second kappa shape index (κ2) is 6.95. The van der Waals surface area contributed by atoms with Gasteiger partial charge < -0.3 is 15.2 Å². The minimum absolute atomic E-state index is 0.151. The molecule has 1 amide bonds. The van der Waals surface area contributed by atoms with Gasteiger partial charge in [-0.2, -0.15) is 0 Å². The van der Waals surface area contributed by atoms with Crippen molar-refractivity contribution in [3.8, 4) is 5.75 Å². The predicted molar refractivity (Wildman–Crippen MR) is 83.6 cm³/mol. The van der Waals surface area contributed by atoms with Crippen molar-refractivity contribution >= 4 is 29.2 Å². The molecule has 2 rings (SSSR count). The molecule has 2 aromatic carbocycles. The van der Waals surface area contributed by atoms with Gasteiger partial charge in [0.1, 0.15) is 5.75 Å². The number of carboxylic acids is 1. The Labute approximate surface area is 132 Å². The third-order valence-electron chi connectivity index (χ3n) is 2.91. The van der Waals surface area contributed by atoms with Crippen LogP contribution in [-0.4, -0.2) is 23.1 Å². The first-order valence-electron chi connectivity index (χ1n) is 6.53. The Bertz CT molecular complexity index is 685. The van der Waals surface area contributed by atoms with E-state index in [0.717, 1.165) is 0 Å². The highest BCUT2D eigenvalue weighted by Crippen LogP contribution is 2.24. The van der Waals surface area contributed by atoms with Crippen molar-refractivity contribution in [1.29, 1.82) is 0 Å². The zero-order valence-corrected chi connectivity index (χ0v) is 12.5. The van der Waals surface area contributed by atoms with Gasteiger partial charge >= 0.3 is 5.97 Å². The molecule has 0 aromatic heterocycles. The molecule has 0 aliphatic heterocycles. The quantitative estimate of drug-likeness (QED) is 0.885. The summed E-state index contributed by atoms with van der Waals surface area (Å²) in [4.78, 5) is 22.8. The van der Waals surface area contributed by atoms with Crippen molar-refractivity contribution in [1.82, 2.24) is 0 Å². The summed E-state index contributed by atoms with van der Waals surface area (Å²) in [6, 6.07) is 12.7. The number of halogens is 1. The van der Waals surface area contributed by atoms with Gasteiger partial charge in [0.2, 0.25) is 0 Å². The number of carboxylic acid groups (broad SMARTS) is 1. The molecule has 0 radical (unpaired) electrons. The Morgan fingerprint density at radius 2 is 1.77 bits per heavy atom. The van der Waals surface area contributed by atoms with E-state index in [1.54, 1.807) is 31.2 Å². The summed E-state index contributed by atoms with van der Waals surface area (Å²) in [6.07, 6.45) is -0.751. The van der Waals surface area contributed by atoms with Crippen LogP contribution in [0.25, 0.3) is 0 Å². The van der Waals surface area contributed by atoms with E-state index >= 15 is 0 Å². The molecule has 0 aliphatic carbocycles. The molecule has 114 valence electrons. The molecule has 2 N–H and O–H groups in total. The van der Waals surface area contributed by atoms with Gasteiger partial charge in [-0.1, -0.05) is 23.7 Å². The summed E-state index contributed by atoms with van der Waals surface area (Å²) in [5, 5.41) is 11.9. The summed E-state index contributed by atoms with van der Waals surface area (Å²) in [7, 11) is 0. The predicted octanol–water partition coefficient (Wildman–Crippen LogP) is 3.44. The van der Waals surface area contributed by atoms with Gasteiger partial charge in [0.25, 0.3) is 5.91 Å². The molecule has 6 heteroatoms. The summed E-state index contributed by atoms with van der Waals surface area (Å²) >= 11 is 5.97. The van der Waals surface area contributed by atoms with Gasteiger partial charge in [-0.25, -0.2) is 4.79 Å². The summed E-state index contributed by atoms with van der Waals surface area (Å²) in [6.45, 7) is 1.60. The van der Waals surface area contributed by atoms with Gasteiger partial charge in [-0.3, -0.25) is 4.79 Å². The number of hydrogen-bond donors (Lipinski definition) is 2. The summed E-state index contributed by atoms with van der Waals surface area (Å²) in [5.74, 6) is -0.954. The number of rotatable bonds is 5. The van der Waals surface area contributed by atoms with Crippen LogP contribution in [-0.2, 0) is 4.79 Å². The van der Waals surface area contributed by atoms with Gasteiger partial charge in [-0.15, -0.1) is 0 Å². The van der Waals surface area contributed by atoms with Crippen molar-refractivity contribution in [3.63, 3.8) is 0 Å². The monoisotopic (exact) mass is 319 g/mol. The Morgan fingerprint density at radius 1 is 1.14 bits per heavy atom. The van der Waals surface area contributed by atoms with Crippen LogP contribution in [0.4, 0.5) is 5.69 Å². The number of benzene rings is 2. The molecular weight excluding hydrogens is 306 g/mol. The maximum Gasteiger partial charge on any atom is 0.335 e. The van der Waals surface area contributed by atoms with Crippen LogP contribution in [0, 0.1) is 0 Å². The number of carbonyl (C=O) groups excluding carboxylic acids is 1. The molecule has 0 bridgehead atoms. The molecule has 0 saturated carbocycles. The number of anilines is 1. The van der Waals surface area contributed by atoms with Crippen LogP contribution in [0.5, 0.6) is 5.75 Å². The normalized spacial score (nSPS) is 11.5. The lowest BCUT2D eigenvalue weighted by atomic mass is 10.2. The Hall–Kier alpha value is -2.53. The van der Waals surface area contributed by atoms with Crippen molar-refractivity contribution in [2.75, 3.05) is 5.32 Å². The lowest BCUT2D eigenvalue weighted by Gasteiger charge is -2.15. The first-order valence-corrected chi connectivity index (χ1v) is 6.90. The van der Waals surface area contributed by atoms with E-state index < -0.39 is 12.1 Å². The molecule has 22 heavy (non-hydrogen) atoms. The molecule has 0 fully saturated rings. The maximum atomic E-state index is 12.1. The van der Waals surface area contributed by atoms with Gasteiger partial charge in [0.15, 0.2) is 6.10 Å². The van der Waals surface area contributed by atoms with E-state index in [0.29, 0.717) is 16.5 Å². The van der Waals surface area contributed by atoms with E-state index in [9.17, 15) is 9.59 Å². The Balaban J connectivity index is 1.99. The molecular formula is C16H14ClNO4. The van der Waals surface area contributed by atoms with Gasteiger partial charge in [0, 0.05) is 5.69 Å². The third-order valence-corrected chi connectivity index (χ3v) is 3.22. The van der Waals surface area contributed by atoms with Crippen LogP contribution in [0.1, 0.15) is 17.3 Å². The highest BCUT2D eigenvalue weighted by Gasteiger charge is 2.16. The molecule has 5 nitrogen and oxygen atoms in total. The van der Waals surface area contributed by atoms with Gasteiger partial charge in [0.05, 0.1) is 10.6 Å². The average molecular weight is 320 g/mol. The number of carbonyl (C=O) groups is 2. The van der Waals surface area contributed by atoms with Crippen LogP contribution in [0.2, 0.25) is 5.02 Å². The molecule has 0 saturated heterocycles. The fraction of sp³-hybridized carbons (Fsp3) is 0.125. The molecule has 0 heterocycles. The van der Waals surface area contributed by atoms with Crippen molar-refractivity contribution in [2.24, 2.45) is 0 Å². The lowest BCUT2D eigenvalue weighted by molar-refractivity contribution is -0.122. The van der Waals surface area contributed by atoms with E-state index in [2.05, 4.69) is 5.32 Å². The molecule has 1 atom stereocenters. The second-order valence-electron chi connectivity index (χ2n) is 4.56. The zero-order valence-electron chi connectivity index (χ0n) is 11.7. The molecule has 0 spiro atoms. The SMILES string of the molecule is C[C@H](Oc1ccccc1Cl)C(=O)Nc1ccc(C(=O)O)cc1. The summed E-state index contributed by atoms with van der Waals surface area (Å²) in [5.41, 5.74) is 0.642. The minimum Gasteiger partial charge on any atom is -0.479 e. The first-order chi connectivity index (χ1) is 10.5. The highest BCUT2D eigenvalue weighted by molar-refractivity contribution is 6.32. The van der Waals surface area contributed by atoms with Crippen molar-refractivity contribution < 1.29 is 19.4 Å². The fourth-order valence-corrected chi connectivity index (χ4v) is 1.90. The second-order valence-corrected chi connectivity index (χ2v) is 4.97. The van der Waals surface area contributed by atoms with Crippen molar-refractivity contribution in [2.45, 2.75) is 13.0 Å². The molecule has 0 aliphatic rings. The zero-order chi connectivity index (χ0) is 16.1. The van der Waals surface area contributed by atoms with Crippen LogP contribution < -0.4 is 10.1 Å². The van der Waals surface area contributed by atoms with Crippen LogP contribution in [0.15, 0.2) is 48.5 Å². The Kier molecular flexibility index (Phi) is 5.01. The average Bonchev–Trinajstić information content (AvgIpc) is 2.50. The minimum atomic E-state index is -1.02.